The van der Waals surface area contributed by atoms with E-state index in [1.165, 1.54) is 23.5 Å². The SMILES string of the molecule is CCCS(=O)(=O)NCCc1sc2nc(-c3ccc(F)cc3)nn2c1C. The van der Waals surface area contributed by atoms with E-state index in [1.54, 1.807) is 16.6 Å². The van der Waals surface area contributed by atoms with Crippen molar-refractivity contribution in [2.45, 2.75) is 26.7 Å². The Morgan fingerprint density at radius 3 is 2.64 bits per heavy atom. The lowest BCUT2D eigenvalue weighted by atomic mass is 10.2. The number of halogens is 1. The van der Waals surface area contributed by atoms with Crippen LogP contribution in [0.3, 0.4) is 0 Å². The third kappa shape index (κ3) is 4.05. The molecule has 25 heavy (non-hydrogen) atoms. The van der Waals surface area contributed by atoms with Gasteiger partial charge in [0.05, 0.1) is 11.4 Å². The largest absolute Gasteiger partial charge is 0.215 e. The van der Waals surface area contributed by atoms with Crippen LogP contribution in [0.1, 0.15) is 23.9 Å². The number of fused-ring (bicyclic) bond motifs is 1. The molecule has 0 aliphatic carbocycles. The molecule has 0 amide bonds. The molecule has 0 radical (unpaired) electrons. The Labute approximate surface area is 149 Å². The number of nitrogens with one attached hydrogen (secondary N) is 1. The molecule has 134 valence electrons. The summed E-state index contributed by atoms with van der Waals surface area (Å²) in [6.07, 6.45) is 1.19. The van der Waals surface area contributed by atoms with Crippen LogP contribution in [0.15, 0.2) is 24.3 Å². The summed E-state index contributed by atoms with van der Waals surface area (Å²) >= 11 is 1.49. The second-order valence-electron chi connectivity index (χ2n) is 5.71. The molecule has 0 atom stereocenters. The molecule has 1 N–H and O–H groups in total. The zero-order valence-corrected chi connectivity index (χ0v) is 15.6. The Morgan fingerprint density at radius 1 is 1.28 bits per heavy atom. The van der Waals surface area contributed by atoms with Gasteiger partial charge in [0.25, 0.3) is 0 Å². The van der Waals surface area contributed by atoms with Gasteiger partial charge in [-0.3, -0.25) is 0 Å². The summed E-state index contributed by atoms with van der Waals surface area (Å²) in [5.41, 5.74) is 1.70. The highest BCUT2D eigenvalue weighted by Gasteiger charge is 2.15. The number of sulfonamides is 1. The molecule has 0 saturated heterocycles. The van der Waals surface area contributed by atoms with E-state index in [-0.39, 0.29) is 11.6 Å². The molecule has 3 aromatic rings. The number of hydrogen-bond acceptors (Lipinski definition) is 5. The topological polar surface area (TPSA) is 76.4 Å². The maximum absolute atomic E-state index is 13.0. The van der Waals surface area contributed by atoms with Crippen molar-refractivity contribution in [3.63, 3.8) is 0 Å². The van der Waals surface area contributed by atoms with E-state index in [0.717, 1.165) is 21.1 Å². The van der Waals surface area contributed by atoms with Crippen molar-refractivity contribution in [3.05, 3.63) is 40.7 Å². The van der Waals surface area contributed by atoms with Gasteiger partial charge in [-0.05, 0) is 44.0 Å². The minimum Gasteiger partial charge on any atom is -0.215 e. The van der Waals surface area contributed by atoms with Gasteiger partial charge in [-0.2, -0.15) is 4.98 Å². The van der Waals surface area contributed by atoms with Crippen molar-refractivity contribution >= 4 is 26.3 Å². The average Bonchev–Trinajstić information content (AvgIpc) is 3.08. The molecule has 0 spiro atoms. The third-order valence-corrected chi connectivity index (χ3v) is 6.54. The van der Waals surface area contributed by atoms with Gasteiger partial charge in [-0.25, -0.2) is 22.0 Å². The van der Waals surface area contributed by atoms with Crippen molar-refractivity contribution in [2.75, 3.05) is 12.3 Å². The van der Waals surface area contributed by atoms with Crippen molar-refractivity contribution < 1.29 is 12.8 Å². The Morgan fingerprint density at radius 2 is 2.00 bits per heavy atom. The molecular formula is C16H19FN4O2S2. The van der Waals surface area contributed by atoms with Gasteiger partial charge in [-0.1, -0.05) is 18.3 Å². The normalized spacial score (nSPS) is 12.1. The lowest BCUT2D eigenvalue weighted by molar-refractivity contribution is 0.580. The zero-order valence-electron chi connectivity index (χ0n) is 14.0. The second-order valence-corrected chi connectivity index (χ2v) is 8.70. The predicted octanol–water partition coefficient (Wildman–Crippen LogP) is 2.78. The first-order valence-electron chi connectivity index (χ1n) is 7.98. The number of rotatable bonds is 7. The monoisotopic (exact) mass is 382 g/mol. The van der Waals surface area contributed by atoms with Gasteiger partial charge < -0.3 is 0 Å². The molecule has 0 fully saturated rings. The van der Waals surface area contributed by atoms with E-state index in [0.29, 0.717) is 25.2 Å². The Hall–Kier alpha value is -1.84. The van der Waals surface area contributed by atoms with Gasteiger partial charge in [-0.15, -0.1) is 5.10 Å². The van der Waals surface area contributed by atoms with E-state index in [9.17, 15) is 12.8 Å². The quantitative estimate of drug-likeness (QED) is 0.682. The summed E-state index contributed by atoms with van der Waals surface area (Å²) in [5, 5.41) is 4.47. The van der Waals surface area contributed by atoms with Crippen molar-refractivity contribution in [1.82, 2.24) is 19.3 Å². The first-order chi connectivity index (χ1) is 11.9. The van der Waals surface area contributed by atoms with Crippen molar-refractivity contribution in [1.29, 1.82) is 0 Å². The van der Waals surface area contributed by atoms with E-state index in [4.69, 9.17) is 0 Å². The standard InChI is InChI=1S/C16H19FN4O2S2/c1-3-10-25(22,23)18-9-8-14-11(2)21-16(24-14)19-15(20-21)12-4-6-13(17)7-5-12/h4-7,18H,3,8-10H2,1-2H3. The van der Waals surface area contributed by atoms with Crippen LogP contribution in [0.4, 0.5) is 4.39 Å². The summed E-state index contributed by atoms with van der Waals surface area (Å²) in [6.45, 7) is 4.13. The number of benzene rings is 1. The van der Waals surface area contributed by atoms with Crippen LogP contribution >= 0.6 is 11.3 Å². The molecule has 0 saturated carbocycles. The van der Waals surface area contributed by atoms with Crippen LogP contribution in [-0.2, 0) is 16.4 Å². The van der Waals surface area contributed by atoms with Gasteiger partial charge in [0, 0.05) is 17.0 Å². The summed E-state index contributed by atoms with van der Waals surface area (Å²) < 4.78 is 40.8. The number of nitrogens with zero attached hydrogens (tertiary/aromatic N) is 3. The van der Waals surface area contributed by atoms with Gasteiger partial charge >= 0.3 is 0 Å². The molecule has 6 nitrogen and oxygen atoms in total. The van der Waals surface area contributed by atoms with E-state index in [2.05, 4.69) is 14.8 Å². The minimum absolute atomic E-state index is 0.141. The van der Waals surface area contributed by atoms with E-state index in [1.807, 2.05) is 13.8 Å². The lowest BCUT2D eigenvalue weighted by Gasteiger charge is -2.04. The fourth-order valence-electron chi connectivity index (χ4n) is 2.50. The van der Waals surface area contributed by atoms with Crippen molar-refractivity contribution in [2.24, 2.45) is 0 Å². The van der Waals surface area contributed by atoms with Gasteiger partial charge in [0.2, 0.25) is 15.0 Å². The zero-order chi connectivity index (χ0) is 18.0. The molecule has 1 aromatic carbocycles. The number of aryl methyl sites for hydroxylation is 1. The molecule has 9 heteroatoms. The highest BCUT2D eigenvalue weighted by molar-refractivity contribution is 7.89. The molecule has 0 unspecified atom stereocenters. The van der Waals surface area contributed by atoms with Gasteiger partial charge in [0.1, 0.15) is 5.82 Å². The number of thiazole rings is 1. The van der Waals surface area contributed by atoms with Crippen LogP contribution in [0.25, 0.3) is 16.3 Å². The highest BCUT2D eigenvalue weighted by atomic mass is 32.2. The maximum atomic E-state index is 13.0. The molecule has 3 rings (SSSR count). The van der Waals surface area contributed by atoms with E-state index < -0.39 is 10.0 Å². The molecule has 2 aromatic heterocycles. The van der Waals surface area contributed by atoms with Crippen LogP contribution in [0.5, 0.6) is 0 Å². The maximum Gasteiger partial charge on any atom is 0.212 e. The van der Waals surface area contributed by atoms with E-state index >= 15 is 0 Å². The fraction of sp³-hybridized carbons (Fsp3) is 0.375. The minimum atomic E-state index is -3.19. The summed E-state index contributed by atoms with van der Waals surface area (Å²) in [5.74, 6) is 0.390. The highest BCUT2D eigenvalue weighted by Crippen LogP contribution is 2.25. The Kier molecular flexibility index (Phi) is 5.16. The van der Waals surface area contributed by atoms with Crippen LogP contribution in [0.2, 0.25) is 0 Å². The Bertz CT molecular complexity index is 978. The van der Waals surface area contributed by atoms with Crippen LogP contribution in [-0.4, -0.2) is 35.3 Å². The molecule has 0 aliphatic heterocycles. The second kappa shape index (κ2) is 7.19. The molecule has 2 heterocycles. The lowest BCUT2D eigenvalue weighted by Crippen LogP contribution is -2.28. The summed E-state index contributed by atoms with van der Waals surface area (Å²) in [6, 6.07) is 6.05. The van der Waals surface area contributed by atoms with Gasteiger partial charge in [0.15, 0.2) is 5.82 Å². The molecule has 0 bridgehead atoms. The predicted molar refractivity (Wildman–Crippen MR) is 96.8 cm³/mol. The van der Waals surface area contributed by atoms with Crippen LogP contribution in [0, 0.1) is 12.7 Å². The third-order valence-electron chi connectivity index (χ3n) is 3.76. The summed E-state index contributed by atoms with van der Waals surface area (Å²) in [7, 11) is -3.19. The average molecular weight is 382 g/mol. The first-order valence-corrected chi connectivity index (χ1v) is 10.4. The Balaban J connectivity index is 1.75. The van der Waals surface area contributed by atoms with Crippen LogP contribution < -0.4 is 4.72 Å². The smallest absolute Gasteiger partial charge is 0.212 e. The summed E-state index contributed by atoms with van der Waals surface area (Å²) in [4.78, 5) is 6.27. The number of aromatic nitrogens is 3. The first kappa shape index (κ1) is 18.0. The van der Waals surface area contributed by atoms with Crippen molar-refractivity contribution in [3.8, 4) is 11.4 Å². The fourth-order valence-corrected chi connectivity index (χ4v) is 4.65. The molecular weight excluding hydrogens is 363 g/mol. The number of hydrogen-bond donors (Lipinski definition) is 1. The molecule has 0 aliphatic rings.